The molecule has 0 spiro atoms. The van der Waals surface area contributed by atoms with Gasteiger partial charge < -0.3 is 40.1 Å². The van der Waals surface area contributed by atoms with E-state index in [1.165, 1.54) is 31.2 Å². The van der Waals surface area contributed by atoms with Crippen LogP contribution < -0.4 is 4.74 Å². The fraction of sp³-hybridized carbons (Fsp3) is 0.333. The Balaban J connectivity index is 1.77. The van der Waals surface area contributed by atoms with Gasteiger partial charge in [-0.15, -0.1) is 0 Å². The molecule has 3 unspecified atom stereocenters. The lowest BCUT2D eigenvalue weighted by atomic mass is 9.82. The number of fused-ring (bicyclic) bond motifs is 2. The highest BCUT2D eigenvalue weighted by Gasteiger charge is 2.45. The molecule has 2 aromatic rings. The highest BCUT2D eigenvalue weighted by Crippen LogP contribution is 2.43. The summed E-state index contributed by atoms with van der Waals surface area (Å²) in [5, 5.41) is 60.2. The summed E-state index contributed by atoms with van der Waals surface area (Å²) in [5.74, 6) is -2.79. The third kappa shape index (κ3) is 3.16. The first-order valence-electron chi connectivity index (χ1n) is 9.42. The molecule has 31 heavy (non-hydrogen) atoms. The van der Waals surface area contributed by atoms with Gasteiger partial charge in [0.2, 0.25) is 12.1 Å². The molecule has 1 fully saturated rings. The number of hydrogen-bond donors (Lipinski definition) is 6. The predicted octanol–water partition coefficient (Wildman–Crippen LogP) is -0.640. The Morgan fingerprint density at radius 2 is 1.68 bits per heavy atom. The SMILES string of the molecule is Cc1cc2c(c(O)c1O[C@H]1OC(CO)[C@H](O)C(O)C1O)C(=O)c1c(O)cccc1C2=O. The molecule has 4 rings (SSSR count). The lowest BCUT2D eigenvalue weighted by Crippen LogP contribution is -2.60. The van der Waals surface area contributed by atoms with Crippen LogP contribution in [0.4, 0.5) is 0 Å². The zero-order valence-electron chi connectivity index (χ0n) is 16.2. The fourth-order valence-electron chi connectivity index (χ4n) is 3.86. The molecule has 0 aromatic heterocycles. The number of carbonyl (C=O) groups excluding carboxylic acids is 2. The summed E-state index contributed by atoms with van der Waals surface area (Å²) in [7, 11) is 0. The van der Waals surface area contributed by atoms with Gasteiger partial charge in [-0.05, 0) is 24.6 Å². The smallest absolute Gasteiger partial charge is 0.229 e. The molecule has 10 heteroatoms. The quantitative estimate of drug-likeness (QED) is 0.312. The maximum atomic E-state index is 13.0. The number of phenolic OH excluding ortho intramolecular Hbond substituents is 2. The number of ether oxygens (including phenoxy) is 2. The third-order valence-electron chi connectivity index (χ3n) is 5.51. The maximum absolute atomic E-state index is 13.0. The van der Waals surface area contributed by atoms with E-state index in [1.54, 1.807) is 0 Å². The van der Waals surface area contributed by atoms with E-state index in [1.807, 2.05) is 0 Å². The van der Waals surface area contributed by atoms with E-state index in [9.17, 15) is 40.2 Å². The van der Waals surface area contributed by atoms with E-state index in [2.05, 4.69) is 0 Å². The summed E-state index contributed by atoms with van der Waals surface area (Å²) in [6.45, 7) is 0.804. The maximum Gasteiger partial charge on any atom is 0.229 e. The Morgan fingerprint density at radius 1 is 0.968 bits per heavy atom. The van der Waals surface area contributed by atoms with Gasteiger partial charge in [-0.2, -0.15) is 0 Å². The van der Waals surface area contributed by atoms with Crippen LogP contribution in [0.2, 0.25) is 0 Å². The van der Waals surface area contributed by atoms with Crippen molar-refractivity contribution in [1.82, 2.24) is 0 Å². The van der Waals surface area contributed by atoms with E-state index in [-0.39, 0.29) is 33.6 Å². The van der Waals surface area contributed by atoms with Crippen molar-refractivity contribution in [3.63, 3.8) is 0 Å². The number of rotatable bonds is 3. The van der Waals surface area contributed by atoms with Crippen LogP contribution in [0.15, 0.2) is 24.3 Å². The molecule has 2 aliphatic rings. The highest BCUT2D eigenvalue weighted by molar-refractivity contribution is 6.30. The molecule has 1 aliphatic heterocycles. The normalized spacial score (nSPS) is 27.6. The first kappa shape index (κ1) is 21.2. The minimum absolute atomic E-state index is 0.00102. The molecule has 1 heterocycles. The average Bonchev–Trinajstić information content (AvgIpc) is 2.74. The first-order chi connectivity index (χ1) is 14.7. The fourth-order valence-corrected chi connectivity index (χ4v) is 3.86. The van der Waals surface area contributed by atoms with Crippen LogP contribution in [0, 0.1) is 6.92 Å². The molecular weight excluding hydrogens is 412 g/mol. The molecule has 0 amide bonds. The third-order valence-corrected chi connectivity index (χ3v) is 5.51. The van der Waals surface area contributed by atoms with Crippen LogP contribution in [0.1, 0.15) is 37.4 Å². The number of carbonyl (C=O) groups is 2. The second kappa shape index (κ2) is 7.59. The van der Waals surface area contributed by atoms with Gasteiger partial charge in [-0.3, -0.25) is 9.59 Å². The Hall–Kier alpha value is -3.02. The van der Waals surface area contributed by atoms with Crippen molar-refractivity contribution < 1.29 is 49.7 Å². The second-order valence-corrected chi connectivity index (χ2v) is 7.47. The standard InChI is InChI=1S/C21H20O10/c1-7-5-9-13(16(26)12-8(14(9)24)3-2-4-10(12)23)17(27)20(7)31-21-19(29)18(28)15(25)11(6-22)30-21/h2-5,11,15,18-19,21-23,25,27-29H,6H2,1H3/t11?,15-,18?,19?,21+/m0/s1. The van der Waals surface area contributed by atoms with Gasteiger partial charge in [0.25, 0.3) is 0 Å². The number of aryl methyl sites for hydroxylation is 1. The minimum atomic E-state index is -1.74. The number of hydrogen-bond acceptors (Lipinski definition) is 10. The summed E-state index contributed by atoms with van der Waals surface area (Å²) in [6.07, 6.45) is -7.89. The summed E-state index contributed by atoms with van der Waals surface area (Å²) in [5.41, 5.74) is -0.502. The summed E-state index contributed by atoms with van der Waals surface area (Å²) >= 11 is 0. The van der Waals surface area contributed by atoms with E-state index in [4.69, 9.17) is 9.47 Å². The van der Waals surface area contributed by atoms with Crippen LogP contribution in [-0.4, -0.2) is 79.5 Å². The van der Waals surface area contributed by atoms with Crippen molar-refractivity contribution in [1.29, 1.82) is 0 Å². The number of aliphatic hydroxyl groups is 4. The van der Waals surface area contributed by atoms with Gasteiger partial charge in [-0.1, -0.05) is 12.1 Å². The largest absolute Gasteiger partial charge is 0.507 e. The Kier molecular flexibility index (Phi) is 5.20. The lowest BCUT2D eigenvalue weighted by Gasteiger charge is -2.39. The van der Waals surface area contributed by atoms with Crippen molar-refractivity contribution in [2.45, 2.75) is 37.6 Å². The van der Waals surface area contributed by atoms with Crippen molar-refractivity contribution >= 4 is 11.6 Å². The molecule has 0 saturated carbocycles. The number of aliphatic hydroxyl groups excluding tert-OH is 4. The van der Waals surface area contributed by atoms with Gasteiger partial charge in [0, 0.05) is 11.1 Å². The topological polar surface area (TPSA) is 174 Å². The van der Waals surface area contributed by atoms with Gasteiger partial charge in [0.15, 0.2) is 17.3 Å². The van der Waals surface area contributed by atoms with Gasteiger partial charge in [0.05, 0.1) is 17.7 Å². The molecule has 10 nitrogen and oxygen atoms in total. The van der Waals surface area contributed by atoms with E-state index < -0.39 is 60.4 Å². The molecule has 1 saturated heterocycles. The van der Waals surface area contributed by atoms with Gasteiger partial charge in [0.1, 0.15) is 30.2 Å². The lowest BCUT2D eigenvalue weighted by molar-refractivity contribution is -0.277. The zero-order valence-corrected chi connectivity index (χ0v) is 16.2. The number of aromatic hydroxyl groups is 2. The summed E-state index contributed by atoms with van der Waals surface area (Å²) < 4.78 is 10.8. The number of benzene rings is 2. The molecule has 5 atom stereocenters. The average molecular weight is 432 g/mol. The van der Waals surface area contributed by atoms with Crippen molar-refractivity contribution in [2.24, 2.45) is 0 Å². The molecular formula is C21H20O10. The second-order valence-electron chi connectivity index (χ2n) is 7.47. The molecule has 0 radical (unpaired) electrons. The van der Waals surface area contributed by atoms with Gasteiger partial charge >= 0.3 is 0 Å². The zero-order chi connectivity index (χ0) is 22.6. The van der Waals surface area contributed by atoms with Crippen LogP contribution >= 0.6 is 0 Å². The van der Waals surface area contributed by atoms with Crippen LogP contribution in [-0.2, 0) is 4.74 Å². The van der Waals surface area contributed by atoms with Crippen molar-refractivity contribution in [3.8, 4) is 17.2 Å². The van der Waals surface area contributed by atoms with Crippen molar-refractivity contribution in [3.05, 3.63) is 52.1 Å². The molecule has 2 aromatic carbocycles. The molecule has 0 bridgehead atoms. The van der Waals surface area contributed by atoms with Crippen LogP contribution in [0.3, 0.4) is 0 Å². The Labute approximate surface area is 175 Å². The van der Waals surface area contributed by atoms with Gasteiger partial charge in [-0.25, -0.2) is 0 Å². The highest BCUT2D eigenvalue weighted by atomic mass is 16.7. The monoisotopic (exact) mass is 432 g/mol. The molecule has 6 N–H and O–H groups in total. The number of phenols is 2. The van der Waals surface area contributed by atoms with E-state index >= 15 is 0 Å². The summed E-state index contributed by atoms with van der Waals surface area (Å²) in [6, 6.07) is 5.38. The van der Waals surface area contributed by atoms with Crippen LogP contribution in [0.25, 0.3) is 0 Å². The van der Waals surface area contributed by atoms with E-state index in [0.717, 1.165) is 0 Å². The minimum Gasteiger partial charge on any atom is -0.507 e. The van der Waals surface area contributed by atoms with Crippen molar-refractivity contribution in [2.75, 3.05) is 6.61 Å². The van der Waals surface area contributed by atoms with Crippen LogP contribution in [0.5, 0.6) is 17.2 Å². The first-order valence-corrected chi connectivity index (χ1v) is 9.42. The molecule has 164 valence electrons. The summed E-state index contributed by atoms with van der Waals surface area (Å²) in [4.78, 5) is 25.9. The predicted molar refractivity (Wildman–Crippen MR) is 102 cm³/mol. The number of ketones is 2. The molecule has 1 aliphatic carbocycles. The Morgan fingerprint density at radius 3 is 2.35 bits per heavy atom. The van der Waals surface area contributed by atoms with E-state index in [0.29, 0.717) is 0 Å². The Bertz CT molecular complexity index is 1080.